The summed E-state index contributed by atoms with van der Waals surface area (Å²) in [7, 11) is 0. The molecule has 35 heavy (non-hydrogen) atoms. The number of hydrogen-bond acceptors (Lipinski definition) is 6. The van der Waals surface area contributed by atoms with Gasteiger partial charge in [0.25, 0.3) is 5.91 Å². The van der Waals surface area contributed by atoms with Crippen LogP contribution in [-0.4, -0.2) is 50.0 Å². The van der Waals surface area contributed by atoms with Gasteiger partial charge in [-0.3, -0.25) is 9.69 Å². The number of nitrogen functional groups attached to an aromatic ring is 1. The summed E-state index contributed by atoms with van der Waals surface area (Å²) >= 11 is 0. The fourth-order valence-electron chi connectivity index (χ4n) is 5.24. The van der Waals surface area contributed by atoms with Crippen molar-refractivity contribution in [3.63, 3.8) is 0 Å². The number of aliphatic hydroxyl groups is 1. The Morgan fingerprint density at radius 1 is 1.00 bits per heavy atom. The number of carbonyl (C=O) groups excluding carboxylic acids is 1. The van der Waals surface area contributed by atoms with Crippen LogP contribution in [0.3, 0.4) is 0 Å². The highest BCUT2D eigenvalue weighted by Crippen LogP contribution is 2.31. The summed E-state index contributed by atoms with van der Waals surface area (Å²) in [5, 5.41) is 10.6. The molecule has 7 heteroatoms. The van der Waals surface area contributed by atoms with Crippen molar-refractivity contribution >= 4 is 22.8 Å². The van der Waals surface area contributed by atoms with Crippen LogP contribution in [-0.2, 0) is 19.6 Å². The fraction of sp³-hybridized carbons (Fsp3) is 0.250. The number of nitrogens with zero attached hydrogens (tertiary/aromatic N) is 4. The molecule has 0 saturated carbocycles. The molecule has 3 heterocycles. The number of amides is 1. The van der Waals surface area contributed by atoms with Crippen LogP contribution in [0.4, 0.5) is 5.95 Å². The highest BCUT2D eigenvalue weighted by atomic mass is 16.3. The molecule has 1 amide bonds. The zero-order valence-corrected chi connectivity index (χ0v) is 19.4. The van der Waals surface area contributed by atoms with Gasteiger partial charge in [-0.2, -0.15) is 0 Å². The molecule has 2 aliphatic heterocycles. The highest BCUT2D eigenvalue weighted by molar-refractivity contribution is 6.06. The molecule has 1 atom stereocenters. The van der Waals surface area contributed by atoms with Crippen LogP contribution in [0.25, 0.3) is 22.0 Å². The predicted octanol–water partition coefficient (Wildman–Crippen LogP) is 3.60. The summed E-state index contributed by atoms with van der Waals surface area (Å²) in [4.78, 5) is 26.5. The van der Waals surface area contributed by atoms with Gasteiger partial charge in [0.1, 0.15) is 5.69 Å². The number of nitrogens with two attached hydrogens (primary N) is 1. The molecule has 1 aromatic heterocycles. The third-order valence-electron chi connectivity index (χ3n) is 7.01. The lowest BCUT2D eigenvalue weighted by atomic mass is 9.97. The van der Waals surface area contributed by atoms with Gasteiger partial charge in [-0.1, -0.05) is 54.6 Å². The van der Waals surface area contributed by atoms with Crippen LogP contribution < -0.4 is 5.73 Å². The lowest BCUT2D eigenvalue weighted by Crippen LogP contribution is -2.27. The molecule has 3 aromatic carbocycles. The van der Waals surface area contributed by atoms with E-state index >= 15 is 0 Å². The molecular formula is C28H27N5O2. The quantitative estimate of drug-likeness (QED) is 0.478. The Kier molecular flexibility index (Phi) is 5.43. The maximum Gasteiger partial charge on any atom is 0.273 e. The first kappa shape index (κ1) is 21.7. The summed E-state index contributed by atoms with van der Waals surface area (Å²) in [6, 6.07) is 22.3. The number of likely N-dealkylation sites (tertiary alicyclic amines) is 1. The molecule has 1 saturated heterocycles. The van der Waals surface area contributed by atoms with Crippen LogP contribution in [0.1, 0.15) is 33.6 Å². The minimum absolute atomic E-state index is 0.0957. The van der Waals surface area contributed by atoms with E-state index < -0.39 is 0 Å². The third-order valence-corrected chi connectivity index (χ3v) is 7.01. The Hall–Kier alpha value is -3.81. The van der Waals surface area contributed by atoms with E-state index in [4.69, 9.17) is 5.73 Å². The number of benzene rings is 3. The summed E-state index contributed by atoms with van der Waals surface area (Å²) in [5.41, 5.74) is 12.6. The van der Waals surface area contributed by atoms with E-state index in [0.29, 0.717) is 36.2 Å². The van der Waals surface area contributed by atoms with Gasteiger partial charge in [0.2, 0.25) is 5.95 Å². The zero-order chi connectivity index (χ0) is 23.9. The molecule has 176 valence electrons. The van der Waals surface area contributed by atoms with Crippen molar-refractivity contribution in [3.05, 3.63) is 89.1 Å². The second-order valence-corrected chi connectivity index (χ2v) is 9.43. The minimum Gasteiger partial charge on any atom is -0.392 e. The van der Waals surface area contributed by atoms with Gasteiger partial charge >= 0.3 is 0 Å². The summed E-state index contributed by atoms with van der Waals surface area (Å²) in [6.45, 7) is 3.46. The van der Waals surface area contributed by atoms with Crippen molar-refractivity contribution in [1.29, 1.82) is 0 Å². The number of β-amino-alcohol motifs (C(OH)–C–C–N with tert-alkyl or cyclic N) is 1. The first-order valence-electron chi connectivity index (χ1n) is 12.0. The molecule has 0 bridgehead atoms. The van der Waals surface area contributed by atoms with Crippen LogP contribution in [0.2, 0.25) is 0 Å². The van der Waals surface area contributed by atoms with E-state index in [1.165, 1.54) is 5.56 Å². The Morgan fingerprint density at radius 2 is 1.74 bits per heavy atom. The van der Waals surface area contributed by atoms with Gasteiger partial charge in [-0.25, -0.2) is 9.97 Å². The van der Waals surface area contributed by atoms with E-state index in [0.717, 1.165) is 41.8 Å². The minimum atomic E-state index is -0.254. The third kappa shape index (κ3) is 4.13. The molecule has 0 aliphatic carbocycles. The Bertz CT molecular complexity index is 1410. The number of aliphatic hydroxyl groups excluding tert-OH is 1. The Labute approximate surface area is 203 Å². The van der Waals surface area contributed by atoms with Crippen molar-refractivity contribution in [1.82, 2.24) is 19.8 Å². The van der Waals surface area contributed by atoms with Gasteiger partial charge in [0.05, 0.1) is 11.6 Å². The van der Waals surface area contributed by atoms with E-state index in [9.17, 15) is 9.90 Å². The number of fused-ring (bicyclic) bond motifs is 2. The van der Waals surface area contributed by atoms with E-state index in [1.54, 1.807) is 0 Å². The maximum absolute atomic E-state index is 13.6. The van der Waals surface area contributed by atoms with E-state index in [-0.39, 0.29) is 18.0 Å². The van der Waals surface area contributed by atoms with Crippen LogP contribution in [0.5, 0.6) is 0 Å². The molecule has 0 radical (unpaired) electrons. The lowest BCUT2D eigenvalue weighted by Gasteiger charge is -2.19. The van der Waals surface area contributed by atoms with Gasteiger partial charge in [0.15, 0.2) is 0 Å². The van der Waals surface area contributed by atoms with Crippen molar-refractivity contribution < 1.29 is 9.90 Å². The molecule has 1 fully saturated rings. The van der Waals surface area contributed by atoms with E-state index in [1.807, 2.05) is 47.4 Å². The summed E-state index contributed by atoms with van der Waals surface area (Å²) in [6.07, 6.45) is 0.554. The summed E-state index contributed by atoms with van der Waals surface area (Å²) < 4.78 is 0. The molecule has 1 unspecified atom stereocenters. The van der Waals surface area contributed by atoms with Gasteiger partial charge < -0.3 is 15.7 Å². The SMILES string of the molecule is Nc1nc(C(=O)N2Cc3ccccc3C2)c2cc(-c3ccccc3CN3CCC(O)C3)ccc2n1. The van der Waals surface area contributed by atoms with Gasteiger partial charge in [0, 0.05) is 38.1 Å². The Morgan fingerprint density at radius 3 is 2.49 bits per heavy atom. The first-order valence-corrected chi connectivity index (χ1v) is 12.0. The fourth-order valence-corrected chi connectivity index (χ4v) is 5.24. The molecule has 2 aliphatic rings. The molecule has 0 spiro atoms. The summed E-state index contributed by atoms with van der Waals surface area (Å²) in [5.74, 6) is -0.0462. The molecule has 7 nitrogen and oxygen atoms in total. The van der Waals surface area contributed by atoms with Crippen molar-refractivity contribution in [2.75, 3.05) is 18.8 Å². The van der Waals surface area contributed by atoms with Crippen LogP contribution >= 0.6 is 0 Å². The van der Waals surface area contributed by atoms with Gasteiger partial charge in [-0.05, 0) is 46.4 Å². The standard InChI is InChI=1S/C28H27N5O2/c29-28-30-25-10-9-18(23-8-4-3-7-21(23)14-32-12-11-22(34)17-32)13-24(25)26(31-28)27(35)33-15-19-5-1-2-6-20(19)16-33/h1-10,13,22,34H,11-12,14-17H2,(H2,29,30,31). The molecular weight excluding hydrogens is 438 g/mol. The number of carbonyl (C=O) groups is 1. The van der Waals surface area contributed by atoms with Crippen molar-refractivity contribution in [3.8, 4) is 11.1 Å². The monoisotopic (exact) mass is 465 g/mol. The highest BCUT2D eigenvalue weighted by Gasteiger charge is 2.27. The van der Waals surface area contributed by atoms with Crippen LogP contribution in [0.15, 0.2) is 66.7 Å². The average molecular weight is 466 g/mol. The smallest absolute Gasteiger partial charge is 0.273 e. The second kappa shape index (κ2) is 8.76. The van der Waals surface area contributed by atoms with Gasteiger partial charge in [-0.15, -0.1) is 0 Å². The zero-order valence-electron chi connectivity index (χ0n) is 19.4. The Balaban J connectivity index is 1.37. The first-order chi connectivity index (χ1) is 17.0. The van der Waals surface area contributed by atoms with Crippen molar-refractivity contribution in [2.45, 2.75) is 32.2 Å². The number of aromatic nitrogens is 2. The number of hydrogen-bond donors (Lipinski definition) is 2. The maximum atomic E-state index is 13.6. The average Bonchev–Trinajstić information content (AvgIpc) is 3.49. The van der Waals surface area contributed by atoms with Crippen molar-refractivity contribution in [2.24, 2.45) is 0 Å². The molecule has 6 rings (SSSR count). The second-order valence-electron chi connectivity index (χ2n) is 9.43. The number of anilines is 1. The largest absolute Gasteiger partial charge is 0.392 e. The normalized spacial score (nSPS) is 17.7. The van der Waals surface area contributed by atoms with Crippen LogP contribution in [0, 0.1) is 0 Å². The van der Waals surface area contributed by atoms with E-state index in [2.05, 4.69) is 39.1 Å². The topological polar surface area (TPSA) is 95.6 Å². The lowest BCUT2D eigenvalue weighted by molar-refractivity contribution is 0.0747. The number of rotatable bonds is 4. The molecule has 3 N–H and O–H groups in total. The molecule has 4 aromatic rings. The predicted molar refractivity (Wildman–Crippen MR) is 135 cm³/mol.